The zero-order chi connectivity index (χ0) is 14.1. The van der Waals surface area contributed by atoms with Crippen LogP contribution in [0.2, 0.25) is 0 Å². The molecule has 3 nitrogen and oxygen atoms in total. The van der Waals surface area contributed by atoms with E-state index in [2.05, 4.69) is 28.7 Å². The molecule has 0 aliphatic carbocycles. The van der Waals surface area contributed by atoms with Gasteiger partial charge in [-0.2, -0.15) is 5.10 Å². The van der Waals surface area contributed by atoms with Crippen LogP contribution >= 0.6 is 11.3 Å². The van der Waals surface area contributed by atoms with Crippen LogP contribution in [0, 0.1) is 6.92 Å². The molecule has 2 aromatic heterocycles. The minimum Gasteiger partial charge on any atom is -0.386 e. The van der Waals surface area contributed by atoms with Gasteiger partial charge < -0.3 is 5.11 Å². The number of hydrogen-bond donors (Lipinski definition) is 1. The number of rotatable bonds is 4. The number of thiophene rings is 1. The minimum atomic E-state index is -0.505. The number of benzene rings is 1. The fraction of sp³-hybridized carbons (Fsp3) is 0.312. The highest BCUT2D eigenvalue weighted by Crippen LogP contribution is 2.29. The van der Waals surface area contributed by atoms with Crippen molar-refractivity contribution in [3.05, 3.63) is 52.7 Å². The van der Waals surface area contributed by atoms with Crippen molar-refractivity contribution in [3.8, 4) is 0 Å². The van der Waals surface area contributed by atoms with Gasteiger partial charge in [-0.25, -0.2) is 0 Å². The van der Waals surface area contributed by atoms with E-state index < -0.39 is 6.10 Å². The first kappa shape index (κ1) is 13.3. The highest BCUT2D eigenvalue weighted by molar-refractivity contribution is 7.17. The first-order valence-electron chi connectivity index (χ1n) is 6.86. The number of aliphatic hydroxyl groups excluding tert-OH is 1. The Morgan fingerprint density at radius 2 is 2.15 bits per heavy atom. The van der Waals surface area contributed by atoms with Crippen molar-refractivity contribution in [3.63, 3.8) is 0 Å². The number of aliphatic hydroxyl groups is 1. The molecular formula is C16H18N2OS. The standard InChI is InChI=1S/C16H18N2OS/c1-3-18-14(8-11(2)17-18)15(19)9-12-10-20-16-7-5-4-6-13(12)16/h4-8,10,15,19H,3,9H2,1-2H3. The summed E-state index contributed by atoms with van der Waals surface area (Å²) in [4.78, 5) is 0. The second kappa shape index (κ2) is 5.38. The summed E-state index contributed by atoms with van der Waals surface area (Å²) in [5, 5.41) is 18.3. The highest BCUT2D eigenvalue weighted by Gasteiger charge is 2.16. The summed E-state index contributed by atoms with van der Waals surface area (Å²) < 4.78 is 3.16. The number of fused-ring (bicyclic) bond motifs is 1. The fourth-order valence-electron chi connectivity index (χ4n) is 2.59. The smallest absolute Gasteiger partial charge is 0.0997 e. The third-order valence-corrected chi connectivity index (χ3v) is 4.56. The van der Waals surface area contributed by atoms with E-state index in [0.717, 1.165) is 17.9 Å². The molecule has 0 spiro atoms. The van der Waals surface area contributed by atoms with Crippen LogP contribution in [-0.2, 0) is 13.0 Å². The molecule has 1 atom stereocenters. The number of aromatic nitrogens is 2. The van der Waals surface area contributed by atoms with Crippen LogP contribution in [0.5, 0.6) is 0 Å². The molecule has 3 rings (SSSR count). The Bertz CT molecular complexity index is 729. The molecule has 0 fully saturated rings. The van der Waals surface area contributed by atoms with E-state index in [1.807, 2.05) is 30.7 Å². The van der Waals surface area contributed by atoms with Gasteiger partial charge in [0.25, 0.3) is 0 Å². The van der Waals surface area contributed by atoms with E-state index in [1.54, 1.807) is 11.3 Å². The van der Waals surface area contributed by atoms with Crippen molar-refractivity contribution in [2.45, 2.75) is 32.9 Å². The first-order valence-corrected chi connectivity index (χ1v) is 7.74. The normalized spacial score (nSPS) is 12.9. The van der Waals surface area contributed by atoms with Crippen molar-refractivity contribution in [1.29, 1.82) is 0 Å². The van der Waals surface area contributed by atoms with Crippen LogP contribution in [0.1, 0.15) is 30.0 Å². The number of aryl methyl sites for hydroxylation is 2. The third-order valence-electron chi connectivity index (χ3n) is 3.55. The van der Waals surface area contributed by atoms with Gasteiger partial charge in [0, 0.05) is 17.7 Å². The molecule has 0 saturated heterocycles. The maximum absolute atomic E-state index is 10.5. The van der Waals surface area contributed by atoms with Gasteiger partial charge in [0.15, 0.2) is 0 Å². The summed E-state index contributed by atoms with van der Waals surface area (Å²) in [5.41, 5.74) is 3.07. The summed E-state index contributed by atoms with van der Waals surface area (Å²) in [6.07, 6.45) is 0.129. The summed E-state index contributed by atoms with van der Waals surface area (Å²) in [6.45, 7) is 4.79. The van der Waals surface area contributed by atoms with E-state index >= 15 is 0 Å². The molecule has 1 N–H and O–H groups in total. The molecule has 3 aromatic rings. The lowest BCUT2D eigenvalue weighted by Crippen LogP contribution is -2.09. The topological polar surface area (TPSA) is 38.0 Å². The molecule has 0 saturated carbocycles. The van der Waals surface area contributed by atoms with Crippen LogP contribution in [0.3, 0.4) is 0 Å². The van der Waals surface area contributed by atoms with Crippen molar-refractivity contribution >= 4 is 21.4 Å². The van der Waals surface area contributed by atoms with Gasteiger partial charge in [-0.05, 0) is 42.3 Å². The molecule has 1 aromatic carbocycles. The Morgan fingerprint density at radius 1 is 1.35 bits per heavy atom. The molecule has 0 bridgehead atoms. The zero-order valence-electron chi connectivity index (χ0n) is 11.7. The summed E-state index contributed by atoms with van der Waals surface area (Å²) >= 11 is 1.73. The van der Waals surface area contributed by atoms with Gasteiger partial charge in [-0.1, -0.05) is 18.2 Å². The predicted molar refractivity (Wildman–Crippen MR) is 83.1 cm³/mol. The first-order chi connectivity index (χ1) is 9.69. The number of hydrogen-bond acceptors (Lipinski definition) is 3. The molecule has 0 aliphatic rings. The molecule has 20 heavy (non-hydrogen) atoms. The van der Waals surface area contributed by atoms with Crippen LogP contribution in [0.15, 0.2) is 35.7 Å². The lowest BCUT2D eigenvalue weighted by molar-refractivity contribution is 0.167. The summed E-state index contributed by atoms with van der Waals surface area (Å²) in [6, 6.07) is 10.3. The van der Waals surface area contributed by atoms with Crippen LogP contribution < -0.4 is 0 Å². The second-order valence-corrected chi connectivity index (χ2v) is 5.91. The molecule has 0 radical (unpaired) electrons. The van der Waals surface area contributed by atoms with Crippen molar-refractivity contribution in [2.75, 3.05) is 0 Å². The Hall–Kier alpha value is -1.65. The quantitative estimate of drug-likeness (QED) is 0.794. The van der Waals surface area contributed by atoms with Gasteiger partial charge in [0.2, 0.25) is 0 Å². The maximum Gasteiger partial charge on any atom is 0.0997 e. The van der Waals surface area contributed by atoms with Crippen LogP contribution in [0.4, 0.5) is 0 Å². The van der Waals surface area contributed by atoms with Crippen molar-refractivity contribution in [1.82, 2.24) is 9.78 Å². The van der Waals surface area contributed by atoms with Crippen LogP contribution in [0.25, 0.3) is 10.1 Å². The molecule has 4 heteroatoms. The van der Waals surface area contributed by atoms with Gasteiger partial charge in [0.05, 0.1) is 17.5 Å². The highest BCUT2D eigenvalue weighted by atomic mass is 32.1. The van der Waals surface area contributed by atoms with E-state index in [9.17, 15) is 5.11 Å². The Balaban J connectivity index is 1.90. The largest absolute Gasteiger partial charge is 0.386 e. The molecule has 0 amide bonds. The molecule has 0 aliphatic heterocycles. The average Bonchev–Trinajstić information content (AvgIpc) is 3.03. The average molecular weight is 286 g/mol. The van der Waals surface area contributed by atoms with Crippen molar-refractivity contribution in [2.24, 2.45) is 0 Å². The molecule has 104 valence electrons. The monoisotopic (exact) mass is 286 g/mol. The Morgan fingerprint density at radius 3 is 2.95 bits per heavy atom. The van der Waals surface area contributed by atoms with E-state index in [4.69, 9.17) is 0 Å². The van der Waals surface area contributed by atoms with E-state index in [1.165, 1.54) is 15.6 Å². The lowest BCUT2D eigenvalue weighted by atomic mass is 10.0. The van der Waals surface area contributed by atoms with E-state index in [0.29, 0.717) is 6.42 Å². The Kier molecular flexibility index (Phi) is 3.59. The van der Waals surface area contributed by atoms with Crippen molar-refractivity contribution < 1.29 is 5.11 Å². The molecular weight excluding hydrogens is 268 g/mol. The van der Waals surface area contributed by atoms with E-state index in [-0.39, 0.29) is 0 Å². The van der Waals surface area contributed by atoms with Gasteiger partial charge >= 0.3 is 0 Å². The number of nitrogens with zero attached hydrogens (tertiary/aromatic N) is 2. The SMILES string of the molecule is CCn1nc(C)cc1C(O)Cc1csc2ccccc12. The van der Waals surface area contributed by atoms with Crippen LogP contribution in [-0.4, -0.2) is 14.9 Å². The molecule has 2 heterocycles. The van der Waals surface area contributed by atoms with Gasteiger partial charge in [0.1, 0.15) is 0 Å². The second-order valence-electron chi connectivity index (χ2n) is 5.00. The third kappa shape index (κ3) is 2.37. The van der Waals surface area contributed by atoms with Gasteiger partial charge in [-0.15, -0.1) is 11.3 Å². The Labute approximate surface area is 122 Å². The molecule has 1 unspecified atom stereocenters. The predicted octanol–water partition coefficient (Wildman–Crippen LogP) is 3.70. The minimum absolute atomic E-state index is 0.505. The summed E-state index contributed by atoms with van der Waals surface area (Å²) in [7, 11) is 0. The fourth-order valence-corrected chi connectivity index (χ4v) is 3.57. The maximum atomic E-state index is 10.5. The zero-order valence-corrected chi connectivity index (χ0v) is 12.5. The summed E-state index contributed by atoms with van der Waals surface area (Å²) in [5.74, 6) is 0. The van der Waals surface area contributed by atoms with Gasteiger partial charge in [-0.3, -0.25) is 4.68 Å². The lowest BCUT2D eigenvalue weighted by Gasteiger charge is -2.12.